The molecule has 0 aliphatic rings. The molecule has 0 spiro atoms. The SMILES string of the molecule is CC(=O)Nc1ccc(S(=O)(=O)Nc2c(C(C)C)cccc2C(C)C)cc1. The van der Waals surface area contributed by atoms with Gasteiger partial charge in [-0.15, -0.1) is 0 Å². The Morgan fingerprint density at radius 1 is 0.885 bits per heavy atom. The van der Waals surface area contributed by atoms with Gasteiger partial charge in [0.25, 0.3) is 10.0 Å². The summed E-state index contributed by atoms with van der Waals surface area (Å²) in [6.07, 6.45) is 0. The van der Waals surface area contributed by atoms with E-state index in [1.165, 1.54) is 19.1 Å². The number of benzene rings is 2. The van der Waals surface area contributed by atoms with Gasteiger partial charge in [-0.05, 0) is 47.2 Å². The Morgan fingerprint density at radius 2 is 1.38 bits per heavy atom. The molecule has 0 fully saturated rings. The van der Waals surface area contributed by atoms with E-state index in [0.717, 1.165) is 11.1 Å². The summed E-state index contributed by atoms with van der Waals surface area (Å²) in [5, 5.41) is 2.63. The Hall–Kier alpha value is -2.34. The first-order valence-electron chi connectivity index (χ1n) is 8.65. The van der Waals surface area contributed by atoms with Crippen molar-refractivity contribution in [2.24, 2.45) is 0 Å². The van der Waals surface area contributed by atoms with Crippen LogP contribution in [0.1, 0.15) is 57.6 Å². The standard InChI is InChI=1S/C20H26N2O3S/c1-13(2)18-7-6-8-19(14(3)4)20(18)22-26(24,25)17-11-9-16(10-12-17)21-15(5)23/h6-14,22H,1-5H3,(H,21,23). The van der Waals surface area contributed by atoms with Gasteiger partial charge in [-0.1, -0.05) is 45.9 Å². The molecule has 0 aliphatic carbocycles. The first-order chi connectivity index (χ1) is 12.1. The number of sulfonamides is 1. The normalized spacial score (nSPS) is 11.7. The van der Waals surface area contributed by atoms with Crippen molar-refractivity contribution in [3.05, 3.63) is 53.6 Å². The number of hydrogen-bond donors (Lipinski definition) is 2. The van der Waals surface area contributed by atoms with Crippen molar-refractivity contribution in [3.63, 3.8) is 0 Å². The Morgan fingerprint density at radius 3 is 1.81 bits per heavy atom. The van der Waals surface area contributed by atoms with Gasteiger partial charge in [0.2, 0.25) is 5.91 Å². The van der Waals surface area contributed by atoms with Crippen molar-refractivity contribution in [1.29, 1.82) is 0 Å². The summed E-state index contributed by atoms with van der Waals surface area (Å²) in [5.41, 5.74) is 3.15. The molecule has 0 saturated heterocycles. The van der Waals surface area contributed by atoms with Gasteiger partial charge >= 0.3 is 0 Å². The van der Waals surface area contributed by atoms with Crippen LogP contribution < -0.4 is 10.0 Å². The molecule has 2 N–H and O–H groups in total. The van der Waals surface area contributed by atoms with Crippen LogP contribution in [0.4, 0.5) is 11.4 Å². The van der Waals surface area contributed by atoms with Crippen molar-refractivity contribution in [3.8, 4) is 0 Å². The number of rotatable bonds is 6. The second-order valence-electron chi connectivity index (χ2n) is 6.93. The largest absolute Gasteiger partial charge is 0.326 e. The number of hydrogen-bond acceptors (Lipinski definition) is 3. The molecule has 0 aromatic heterocycles. The van der Waals surface area contributed by atoms with Crippen molar-refractivity contribution in [2.75, 3.05) is 10.0 Å². The molecule has 0 atom stereocenters. The second-order valence-corrected chi connectivity index (χ2v) is 8.61. The Balaban J connectivity index is 2.42. The molecule has 1 amide bonds. The average molecular weight is 375 g/mol. The molecule has 0 bridgehead atoms. The van der Waals surface area contributed by atoms with Gasteiger partial charge in [-0.3, -0.25) is 9.52 Å². The summed E-state index contributed by atoms with van der Waals surface area (Å²) in [6.45, 7) is 9.57. The molecular formula is C20H26N2O3S. The highest BCUT2D eigenvalue weighted by molar-refractivity contribution is 7.92. The van der Waals surface area contributed by atoms with Gasteiger partial charge in [0.15, 0.2) is 0 Å². The maximum Gasteiger partial charge on any atom is 0.261 e. The number of anilines is 2. The number of carbonyl (C=O) groups excluding carboxylic acids is 1. The summed E-state index contributed by atoms with van der Waals surface area (Å²) in [7, 11) is -3.73. The van der Waals surface area contributed by atoms with E-state index in [2.05, 4.69) is 10.0 Å². The minimum Gasteiger partial charge on any atom is -0.326 e. The van der Waals surface area contributed by atoms with Crippen LogP contribution >= 0.6 is 0 Å². The van der Waals surface area contributed by atoms with Crippen molar-refractivity contribution >= 4 is 27.3 Å². The topological polar surface area (TPSA) is 75.3 Å². The lowest BCUT2D eigenvalue weighted by Gasteiger charge is -2.21. The first-order valence-corrected chi connectivity index (χ1v) is 10.1. The third kappa shape index (κ3) is 4.64. The predicted molar refractivity (Wildman–Crippen MR) is 106 cm³/mol. The van der Waals surface area contributed by atoms with Crippen molar-refractivity contribution < 1.29 is 13.2 Å². The van der Waals surface area contributed by atoms with E-state index in [1.807, 2.05) is 45.9 Å². The van der Waals surface area contributed by atoms with E-state index in [0.29, 0.717) is 11.4 Å². The molecule has 0 unspecified atom stereocenters. The van der Waals surface area contributed by atoms with Gasteiger partial charge in [0.05, 0.1) is 10.6 Å². The van der Waals surface area contributed by atoms with Crippen LogP contribution in [0.15, 0.2) is 47.4 Å². The van der Waals surface area contributed by atoms with Gasteiger partial charge in [0.1, 0.15) is 0 Å². The van der Waals surface area contributed by atoms with E-state index in [-0.39, 0.29) is 22.6 Å². The lowest BCUT2D eigenvalue weighted by Crippen LogP contribution is -2.16. The van der Waals surface area contributed by atoms with E-state index < -0.39 is 10.0 Å². The zero-order valence-electron chi connectivity index (χ0n) is 15.8. The van der Waals surface area contributed by atoms with Crippen molar-refractivity contribution in [2.45, 2.75) is 51.3 Å². The molecule has 140 valence electrons. The molecule has 0 saturated carbocycles. The maximum atomic E-state index is 12.9. The molecule has 6 heteroatoms. The third-order valence-corrected chi connectivity index (χ3v) is 5.46. The van der Waals surface area contributed by atoms with Crippen LogP contribution in [0.2, 0.25) is 0 Å². The van der Waals surface area contributed by atoms with Crippen LogP contribution in [0, 0.1) is 0 Å². The second kappa shape index (κ2) is 7.91. The fourth-order valence-corrected chi connectivity index (χ4v) is 3.90. The lowest BCUT2D eigenvalue weighted by atomic mass is 9.93. The molecule has 26 heavy (non-hydrogen) atoms. The Labute approximate surface area is 155 Å². The molecule has 2 rings (SSSR count). The average Bonchev–Trinajstić information content (AvgIpc) is 2.54. The summed E-state index contributed by atoms with van der Waals surface area (Å²) < 4.78 is 28.6. The molecule has 0 radical (unpaired) electrons. The maximum absolute atomic E-state index is 12.9. The van der Waals surface area contributed by atoms with E-state index in [9.17, 15) is 13.2 Å². The smallest absolute Gasteiger partial charge is 0.261 e. The van der Waals surface area contributed by atoms with Crippen LogP contribution in [-0.2, 0) is 14.8 Å². The number of para-hydroxylation sites is 1. The zero-order chi connectivity index (χ0) is 19.5. The quantitative estimate of drug-likeness (QED) is 0.770. The highest BCUT2D eigenvalue weighted by Gasteiger charge is 2.20. The van der Waals surface area contributed by atoms with Gasteiger partial charge in [-0.2, -0.15) is 0 Å². The molecule has 0 heterocycles. The number of amides is 1. The van der Waals surface area contributed by atoms with Crippen LogP contribution in [0.25, 0.3) is 0 Å². The van der Waals surface area contributed by atoms with Gasteiger partial charge in [-0.25, -0.2) is 8.42 Å². The van der Waals surface area contributed by atoms with E-state index >= 15 is 0 Å². The van der Waals surface area contributed by atoms with E-state index in [1.54, 1.807) is 12.1 Å². The molecule has 5 nitrogen and oxygen atoms in total. The highest BCUT2D eigenvalue weighted by Crippen LogP contribution is 2.34. The summed E-state index contributed by atoms with van der Waals surface area (Å²) in [5.74, 6) is 0.174. The molecule has 2 aromatic carbocycles. The zero-order valence-corrected chi connectivity index (χ0v) is 16.6. The van der Waals surface area contributed by atoms with Crippen LogP contribution in [0.3, 0.4) is 0 Å². The first kappa shape index (κ1) is 20.0. The minimum atomic E-state index is -3.73. The molecular weight excluding hydrogens is 348 g/mol. The monoisotopic (exact) mass is 374 g/mol. The molecule has 2 aromatic rings. The van der Waals surface area contributed by atoms with Crippen molar-refractivity contribution in [1.82, 2.24) is 0 Å². The predicted octanol–water partition coefficient (Wildman–Crippen LogP) is 4.69. The van der Waals surface area contributed by atoms with Crippen LogP contribution in [-0.4, -0.2) is 14.3 Å². The van der Waals surface area contributed by atoms with E-state index in [4.69, 9.17) is 0 Å². The van der Waals surface area contributed by atoms with Gasteiger partial charge < -0.3 is 5.32 Å². The summed E-state index contributed by atoms with van der Waals surface area (Å²) in [6, 6.07) is 12.0. The van der Waals surface area contributed by atoms with Gasteiger partial charge in [0, 0.05) is 12.6 Å². The molecule has 0 aliphatic heterocycles. The lowest BCUT2D eigenvalue weighted by molar-refractivity contribution is -0.114. The van der Waals surface area contributed by atoms with Crippen LogP contribution in [0.5, 0.6) is 0 Å². The number of nitrogens with one attached hydrogen (secondary N) is 2. The minimum absolute atomic E-state index is 0.153. The fraction of sp³-hybridized carbons (Fsp3) is 0.350. The summed E-state index contributed by atoms with van der Waals surface area (Å²) >= 11 is 0. The fourth-order valence-electron chi connectivity index (χ4n) is 2.78. The Kier molecular flexibility index (Phi) is 6.08. The number of carbonyl (C=O) groups is 1. The third-order valence-electron chi connectivity index (χ3n) is 4.09. The highest BCUT2D eigenvalue weighted by atomic mass is 32.2. The Bertz CT molecular complexity index is 860. The summed E-state index contributed by atoms with van der Waals surface area (Å²) in [4.78, 5) is 11.2.